The van der Waals surface area contributed by atoms with Crippen LogP contribution in [0.3, 0.4) is 0 Å². The van der Waals surface area contributed by atoms with Crippen molar-refractivity contribution in [2.45, 2.75) is 6.54 Å². The molecule has 0 spiro atoms. The van der Waals surface area contributed by atoms with Crippen molar-refractivity contribution in [2.75, 3.05) is 18.2 Å². The second-order valence-corrected chi connectivity index (χ2v) is 5.13. The molecule has 0 saturated carbocycles. The van der Waals surface area contributed by atoms with Crippen molar-refractivity contribution in [1.82, 2.24) is 19.7 Å². The lowest BCUT2D eigenvalue weighted by atomic mass is 10.2. The van der Waals surface area contributed by atoms with Crippen molar-refractivity contribution in [3.63, 3.8) is 0 Å². The number of aromatic nitrogens is 4. The lowest BCUT2D eigenvalue weighted by Crippen LogP contribution is -2.16. The number of nitrogens with zero attached hydrogens (tertiary/aromatic N) is 4. The highest BCUT2D eigenvalue weighted by Gasteiger charge is 2.13. The minimum atomic E-state index is -0.492. The fourth-order valence-electron chi connectivity index (χ4n) is 2.27. The number of rotatable bonds is 5. The van der Waals surface area contributed by atoms with Gasteiger partial charge >= 0.3 is 0 Å². The number of methoxy groups -OCH3 is 1. The molecule has 128 valence electrons. The van der Waals surface area contributed by atoms with Crippen molar-refractivity contribution in [3.05, 3.63) is 60.1 Å². The van der Waals surface area contributed by atoms with Gasteiger partial charge in [0.1, 0.15) is 11.6 Å². The van der Waals surface area contributed by atoms with Gasteiger partial charge in [0.05, 0.1) is 25.5 Å². The topological polar surface area (TPSA) is 108 Å². The molecule has 0 atom stereocenters. The number of nitrogen functional groups attached to an aromatic ring is 1. The number of hydrogen-bond donors (Lipinski definition) is 2. The summed E-state index contributed by atoms with van der Waals surface area (Å²) in [5.41, 5.74) is 6.73. The van der Waals surface area contributed by atoms with Gasteiger partial charge in [-0.15, -0.1) is 0 Å². The number of nitrogens with one attached hydrogen (secondary N) is 1. The van der Waals surface area contributed by atoms with Crippen LogP contribution < -0.4 is 15.8 Å². The first-order valence-electron chi connectivity index (χ1n) is 7.29. The molecule has 2 aromatic heterocycles. The first-order chi connectivity index (χ1) is 12.1. The smallest absolute Gasteiger partial charge is 0.278 e. The zero-order valence-electron chi connectivity index (χ0n) is 13.3. The number of carbonyl (C=O) groups excluding carboxylic acids is 1. The molecule has 0 aliphatic carbocycles. The molecule has 0 fully saturated rings. The van der Waals surface area contributed by atoms with Gasteiger partial charge in [-0.3, -0.25) is 9.48 Å². The summed E-state index contributed by atoms with van der Waals surface area (Å²) in [5, 5.41) is 6.78. The van der Waals surface area contributed by atoms with E-state index in [1.807, 2.05) is 0 Å². The standard InChI is InChI=1S/C16H15FN6O2/c1-25-13-3-2-11(17)6-10(13)8-23-9-12(7-21-23)22-16(24)14-15(18)20-5-4-19-14/h2-7,9H,8H2,1H3,(H2,18,20)(H,22,24). The van der Waals surface area contributed by atoms with Gasteiger partial charge in [0.15, 0.2) is 11.5 Å². The lowest BCUT2D eigenvalue weighted by molar-refractivity contribution is 0.102. The highest BCUT2D eigenvalue weighted by Crippen LogP contribution is 2.21. The summed E-state index contributed by atoms with van der Waals surface area (Å²) in [4.78, 5) is 19.9. The van der Waals surface area contributed by atoms with Crippen LogP contribution >= 0.6 is 0 Å². The van der Waals surface area contributed by atoms with Gasteiger partial charge in [-0.2, -0.15) is 5.10 Å². The van der Waals surface area contributed by atoms with Crippen LogP contribution in [0.2, 0.25) is 0 Å². The zero-order chi connectivity index (χ0) is 17.8. The van der Waals surface area contributed by atoms with Gasteiger partial charge in [-0.05, 0) is 18.2 Å². The number of amides is 1. The van der Waals surface area contributed by atoms with Crippen molar-refractivity contribution in [3.8, 4) is 5.75 Å². The second-order valence-electron chi connectivity index (χ2n) is 5.13. The van der Waals surface area contributed by atoms with Gasteiger partial charge in [0.25, 0.3) is 5.91 Å². The predicted octanol–water partition coefficient (Wildman–Crippen LogP) is 1.70. The molecule has 0 bridgehead atoms. The molecule has 1 amide bonds. The molecule has 9 heteroatoms. The molecule has 0 saturated heterocycles. The number of benzene rings is 1. The summed E-state index contributed by atoms with van der Waals surface area (Å²) in [6, 6.07) is 4.25. The fourth-order valence-corrected chi connectivity index (χ4v) is 2.27. The molecule has 0 aliphatic heterocycles. The largest absolute Gasteiger partial charge is 0.496 e. The third-order valence-corrected chi connectivity index (χ3v) is 3.41. The Hall–Kier alpha value is -3.49. The van der Waals surface area contributed by atoms with E-state index in [2.05, 4.69) is 20.4 Å². The molecular formula is C16H15FN6O2. The molecule has 0 aliphatic rings. The normalized spacial score (nSPS) is 10.5. The van der Waals surface area contributed by atoms with Crippen LogP contribution in [0.25, 0.3) is 0 Å². The molecule has 8 nitrogen and oxygen atoms in total. The second kappa shape index (κ2) is 6.95. The van der Waals surface area contributed by atoms with Crippen LogP contribution in [0.4, 0.5) is 15.9 Å². The van der Waals surface area contributed by atoms with E-state index in [1.165, 1.54) is 37.8 Å². The van der Waals surface area contributed by atoms with Gasteiger partial charge in [-0.25, -0.2) is 14.4 Å². The number of hydrogen-bond acceptors (Lipinski definition) is 6. The Morgan fingerprint density at radius 3 is 2.92 bits per heavy atom. The summed E-state index contributed by atoms with van der Waals surface area (Å²) in [7, 11) is 1.51. The Morgan fingerprint density at radius 1 is 1.36 bits per heavy atom. The Morgan fingerprint density at radius 2 is 2.16 bits per heavy atom. The summed E-state index contributed by atoms with van der Waals surface area (Å²) in [5.74, 6) is -0.269. The van der Waals surface area contributed by atoms with E-state index in [4.69, 9.17) is 10.5 Å². The van der Waals surface area contributed by atoms with E-state index in [1.54, 1.807) is 16.9 Å². The summed E-state index contributed by atoms with van der Waals surface area (Å²) < 4.78 is 20.2. The average molecular weight is 342 g/mol. The minimum Gasteiger partial charge on any atom is -0.496 e. The van der Waals surface area contributed by atoms with Crippen molar-refractivity contribution < 1.29 is 13.9 Å². The van der Waals surface area contributed by atoms with E-state index in [-0.39, 0.29) is 23.9 Å². The Kier molecular flexibility index (Phi) is 4.55. The molecule has 3 aromatic rings. The summed E-state index contributed by atoms with van der Waals surface area (Å²) in [6.45, 7) is 0.282. The van der Waals surface area contributed by atoms with E-state index < -0.39 is 5.91 Å². The molecule has 2 heterocycles. The average Bonchev–Trinajstić information content (AvgIpc) is 3.02. The van der Waals surface area contributed by atoms with Gasteiger partial charge in [0, 0.05) is 24.2 Å². The Bertz CT molecular complexity index is 911. The highest BCUT2D eigenvalue weighted by atomic mass is 19.1. The maximum atomic E-state index is 13.4. The number of nitrogens with two attached hydrogens (primary N) is 1. The SMILES string of the molecule is COc1ccc(F)cc1Cn1cc(NC(=O)c2nccnc2N)cn1. The lowest BCUT2D eigenvalue weighted by Gasteiger charge is -2.08. The van der Waals surface area contributed by atoms with E-state index >= 15 is 0 Å². The van der Waals surface area contributed by atoms with E-state index in [9.17, 15) is 9.18 Å². The van der Waals surface area contributed by atoms with Gasteiger partial charge < -0.3 is 15.8 Å². The van der Waals surface area contributed by atoms with Crippen molar-refractivity contribution >= 4 is 17.4 Å². The van der Waals surface area contributed by atoms with Crippen LogP contribution in [0, 0.1) is 5.82 Å². The third kappa shape index (κ3) is 3.71. The molecule has 0 radical (unpaired) electrons. The Balaban J connectivity index is 1.74. The molecule has 1 aromatic carbocycles. The molecule has 25 heavy (non-hydrogen) atoms. The van der Waals surface area contributed by atoms with Gasteiger partial charge in [0.2, 0.25) is 0 Å². The minimum absolute atomic E-state index is 0.0297. The number of anilines is 2. The summed E-state index contributed by atoms with van der Waals surface area (Å²) in [6.07, 6.45) is 5.85. The van der Waals surface area contributed by atoms with E-state index in [0.29, 0.717) is 17.0 Å². The van der Waals surface area contributed by atoms with Gasteiger partial charge in [-0.1, -0.05) is 0 Å². The predicted molar refractivity (Wildman–Crippen MR) is 88.7 cm³/mol. The number of carbonyl (C=O) groups is 1. The highest BCUT2D eigenvalue weighted by molar-refractivity contribution is 6.05. The molecule has 3 N–H and O–H groups in total. The fraction of sp³-hybridized carbons (Fsp3) is 0.125. The van der Waals surface area contributed by atoms with Crippen LogP contribution in [-0.4, -0.2) is 32.8 Å². The first kappa shape index (κ1) is 16.4. The molecular weight excluding hydrogens is 327 g/mol. The maximum absolute atomic E-state index is 13.4. The van der Waals surface area contributed by atoms with E-state index in [0.717, 1.165) is 0 Å². The van der Waals surface area contributed by atoms with Crippen LogP contribution in [0.15, 0.2) is 43.0 Å². The van der Waals surface area contributed by atoms with Crippen molar-refractivity contribution in [2.24, 2.45) is 0 Å². The summed E-state index contributed by atoms with van der Waals surface area (Å²) >= 11 is 0. The monoisotopic (exact) mass is 342 g/mol. The van der Waals surface area contributed by atoms with Crippen LogP contribution in [0.1, 0.15) is 16.1 Å². The van der Waals surface area contributed by atoms with Crippen LogP contribution in [0.5, 0.6) is 5.75 Å². The third-order valence-electron chi connectivity index (χ3n) is 3.41. The quantitative estimate of drug-likeness (QED) is 0.731. The Labute approximate surface area is 142 Å². The molecule has 3 rings (SSSR count). The molecule has 0 unspecified atom stereocenters. The first-order valence-corrected chi connectivity index (χ1v) is 7.29. The van der Waals surface area contributed by atoms with Crippen molar-refractivity contribution in [1.29, 1.82) is 0 Å². The number of ether oxygens (including phenoxy) is 1. The number of halogens is 1. The van der Waals surface area contributed by atoms with Crippen LogP contribution in [-0.2, 0) is 6.54 Å². The maximum Gasteiger partial charge on any atom is 0.278 e. The zero-order valence-corrected chi connectivity index (χ0v) is 13.3.